The minimum Gasteiger partial charge on any atom is -0.464 e. The van der Waals surface area contributed by atoms with Crippen molar-refractivity contribution in [2.75, 3.05) is 0 Å². The number of hydrogen-bond donors (Lipinski definition) is 0. The van der Waals surface area contributed by atoms with Gasteiger partial charge in [0.2, 0.25) is 0 Å². The topological polar surface area (TPSA) is 39.4 Å². The molecule has 1 heterocycles. The number of rotatable bonds is 1. The monoisotopic (exact) mass is 340 g/mol. The predicted molar refractivity (Wildman–Crippen MR) is 98.7 cm³/mol. The smallest absolute Gasteiger partial charge is 0.302 e. The number of aryl methyl sites for hydroxylation is 1. The standard InChI is InChI=1S/C22H28O3/c1-13-15-7-10-24-18(15)12-17-16(13)11-19(25-14(2)23)20-21(3,4)8-6-9-22(17,20)5/h7,10,12,19-20H,6,8-9,11H2,1-5H3/t19-,20-,22+/m0/s1. The molecule has 1 fully saturated rings. The number of carbonyl (C=O) groups excluding carboxylic acids is 1. The van der Waals surface area contributed by atoms with Crippen molar-refractivity contribution in [1.82, 2.24) is 0 Å². The van der Waals surface area contributed by atoms with Gasteiger partial charge in [-0.1, -0.05) is 27.2 Å². The predicted octanol–water partition coefficient (Wildman–Crippen LogP) is 5.31. The Morgan fingerprint density at radius 3 is 2.76 bits per heavy atom. The molecule has 1 saturated carbocycles. The molecule has 0 N–H and O–H groups in total. The highest BCUT2D eigenvalue weighted by molar-refractivity contribution is 5.84. The molecule has 0 saturated heterocycles. The third kappa shape index (κ3) is 2.35. The second-order valence-electron chi connectivity index (χ2n) is 8.95. The minimum absolute atomic E-state index is 0.0151. The van der Waals surface area contributed by atoms with E-state index in [0.717, 1.165) is 18.4 Å². The molecule has 0 aliphatic heterocycles. The Kier molecular flexibility index (Phi) is 3.58. The Balaban J connectivity index is 1.96. The highest BCUT2D eigenvalue weighted by Crippen LogP contribution is 2.58. The number of furan rings is 1. The third-order valence-electron chi connectivity index (χ3n) is 6.91. The molecular formula is C22H28O3. The molecule has 2 aliphatic carbocycles. The van der Waals surface area contributed by atoms with Gasteiger partial charge >= 0.3 is 5.97 Å². The summed E-state index contributed by atoms with van der Waals surface area (Å²) in [5.74, 6) is 0.163. The number of fused-ring (bicyclic) bond motifs is 4. The van der Waals surface area contributed by atoms with E-state index >= 15 is 0 Å². The van der Waals surface area contributed by atoms with Crippen LogP contribution in [0.4, 0.5) is 0 Å². The summed E-state index contributed by atoms with van der Waals surface area (Å²) in [5.41, 5.74) is 5.19. The van der Waals surface area contributed by atoms with Crippen LogP contribution in [0.1, 0.15) is 63.6 Å². The van der Waals surface area contributed by atoms with Gasteiger partial charge in [0, 0.05) is 24.6 Å². The van der Waals surface area contributed by atoms with Gasteiger partial charge < -0.3 is 9.15 Å². The quantitative estimate of drug-likeness (QED) is 0.660. The maximum Gasteiger partial charge on any atom is 0.302 e. The summed E-state index contributed by atoms with van der Waals surface area (Å²) in [4.78, 5) is 11.8. The molecular weight excluding hydrogens is 312 g/mol. The molecule has 3 heteroatoms. The first-order valence-corrected chi connectivity index (χ1v) is 9.41. The van der Waals surface area contributed by atoms with E-state index in [1.165, 1.54) is 41.8 Å². The molecule has 3 nitrogen and oxygen atoms in total. The zero-order valence-corrected chi connectivity index (χ0v) is 15.9. The van der Waals surface area contributed by atoms with Gasteiger partial charge in [0.1, 0.15) is 11.7 Å². The van der Waals surface area contributed by atoms with Gasteiger partial charge in [0.15, 0.2) is 0 Å². The van der Waals surface area contributed by atoms with Crippen molar-refractivity contribution < 1.29 is 13.9 Å². The van der Waals surface area contributed by atoms with Gasteiger partial charge in [-0.3, -0.25) is 4.79 Å². The van der Waals surface area contributed by atoms with Gasteiger partial charge in [0.05, 0.1) is 6.26 Å². The molecule has 0 radical (unpaired) electrons. The highest BCUT2D eigenvalue weighted by Gasteiger charge is 2.55. The van der Waals surface area contributed by atoms with Crippen LogP contribution in [0.15, 0.2) is 22.8 Å². The van der Waals surface area contributed by atoms with E-state index in [2.05, 4.69) is 33.8 Å². The van der Waals surface area contributed by atoms with Crippen LogP contribution in [0.3, 0.4) is 0 Å². The Bertz CT molecular complexity index is 844. The van der Waals surface area contributed by atoms with Crippen molar-refractivity contribution in [3.8, 4) is 0 Å². The average molecular weight is 340 g/mol. The maximum absolute atomic E-state index is 11.8. The van der Waals surface area contributed by atoms with Crippen LogP contribution < -0.4 is 0 Å². The molecule has 134 valence electrons. The summed E-state index contributed by atoms with van der Waals surface area (Å²) in [6.07, 6.45) is 6.07. The maximum atomic E-state index is 11.8. The van der Waals surface area contributed by atoms with Crippen LogP contribution in [0, 0.1) is 18.3 Å². The number of hydrogen-bond acceptors (Lipinski definition) is 3. The van der Waals surface area contributed by atoms with Crippen molar-refractivity contribution in [2.24, 2.45) is 11.3 Å². The molecule has 1 aromatic heterocycles. The fourth-order valence-electron chi connectivity index (χ4n) is 6.04. The summed E-state index contributed by atoms with van der Waals surface area (Å²) in [6.45, 7) is 10.8. The molecule has 4 rings (SSSR count). The summed E-state index contributed by atoms with van der Waals surface area (Å²) in [7, 11) is 0. The second kappa shape index (κ2) is 5.36. The van der Waals surface area contributed by atoms with E-state index in [1.54, 1.807) is 6.26 Å². The first kappa shape index (κ1) is 16.7. The second-order valence-corrected chi connectivity index (χ2v) is 8.95. The van der Waals surface area contributed by atoms with Crippen LogP contribution in [0.5, 0.6) is 0 Å². The molecule has 25 heavy (non-hydrogen) atoms. The van der Waals surface area contributed by atoms with Gasteiger partial charge in [-0.25, -0.2) is 0 Å². The molecule has 1 aromatic carbocycles. The number of carbonyl (C=O) groups is 1. The van der Waals surface area contributed by atoms with Gasteiger partial charge in [-0.2, -0.15) is 0 Å². The average Bonchev–Trinajstić information content (AvgIpc) is 2.96. The Hall–Kier alpha value is -1.77. The van der Waals surface area contributed by atoms with E-state index in [4.69, 9.17) is 9.15 Å². The normalized spacial score (nSPS) is 30.6. The fourth-order valence-corrected chi connectivity index (χ4v) is 6.04. The van der Waals surface area contributed by atoms with Gasteiger partial charge in [0.25, 0.3) is 0 Å². The third-order valence-corrected chi connectivity index (χ3v) is 6.91. The molecule has 0 amide bonds. The number of ether oxygens (including phenoxy) is 1. The summed E-state index contributed by atoms with van der Waals surface area (Å²) in [5, 5.41) is 1.18. The van der Waals surface area contributed by atoms with Crippen molar-refractivity contribution >= 4 is 16.9 Å². The lowest BCUT2D eigenvalue weighted by Gasteiger charge is -2.56. The van der Waals surface area contributed by atoms with Gasteiger partial charge in [-0.15, -0.1) is 0 Å². The van der Waals surface area contributed by atoms with Crippen molar-refractivity contribution in [3.05, 3.63) is 35.1 Å². The molecule has 0 unspecified atom stereocenters. The van der Waals surface area contributed by atoms with Crippen LogP contribution in [0.2, 0.25) is 0 Å². The minimum atomic E-state index is -0.167. The first-order chi connectivity index (χ1) is 11.7. The van der Waals surface area contributed by atoms with Crippen molar-refractivity contribution in [1.29, 1.82) is 0 Å². The Morgan fingerprint density at radius 2 is 2.04 bits per heavy atom. The molecule has 2 aliphatic rings. The lowest BCUT2D eigenvalue weighted by atomic mass is 9.49. The van der Waals surface area contributed by atoms with Crippen LogP contribution in [0.25, 0.3) is 11.0 Å². The van der Waals surface area contributed by atoms with Gasteiger partial charge in [-0.05, 0) is 59.4 Å². The number of benzene rings is 1. The van der Waals surface area contributed by atoms with Crippen LogP contribution >= 0.6 is 0 Å². The largest absolute Gasteiger partial charge is 0.464 e. The van der Waals surface area contributed by atoms with Crippen molar-refractivity contribution in [2.45, 2.75) is 71.8 Å². The van der Waals surface area contributed by atoms with E-state index in [9.17, 15) is 4.79 Å². The lowest BCUT2D eigenvalue weighted by Crippen LogP contribution is -2.55. The molecule has 2 aromatic rings. The van der Waals surface area contributed by atoms with Crippen LogP contribution in [-0.4, -0.2) is 12.1 Å². The zero-order chi connectivity index (χ0) is 18.0. The zero-order valence-electron chi connectivity index (χ0n) is 15.9. The molecule has 3 atom stereocenters. The van der Waals surface area contributed by atoms with E-state index < -0.39 is 0 Å². The highest BCUT2D eigenvalue weighted by atomic mass is 16.5. The van der Waals surface area contributed by atoms with E-state index in [1.807, 2.05) is 6.07 Å². The SMILES string of the molecule is CC(=O)O[C@H]1Cc2c(cc3occc3c2C)[C@@]2(C)CCCC(C)(C)[C@H]12. The summed E-state index contributed by atoms with van der Waals surface area (Å²) >= 11 is 0. The fraction of sp³-hybridized carbons (Fsp3) is 0.591. The molecule has 0 bridgehead atoms. The number of esters is 1. The summed E-state index contributed by atoms with van der Waals surface area (Å²) in [6, 6.07) is 4.31. The van der Waals surface area contributed by atoms with E-state index in [-0.39, 0.29) is 22.9 Å². The van der Waals surface area contributed by atoms with Crippen LogP contribution in [-0.2, 0) is 21.4 Å². The van der Waals surface area contributed by atoms with Crippen molar-refractivity contribution in [3.63, 3.8) is 0 Å². The first-order valence-electron chi connectivity index (χ1n) is 9.41. The Labute approximate surface area is 149 Å². The Morgan fingerprint density at radius 1 is 1.28 bits per heavy atom. The van der Waals surface area contributed by atoms with E-state index in [0.29, 0.717) is 5.92 Å². The molecule has 0 spiro atoms. The lowest BCUT2D eigenvalue weighted by molar-refractivity contribution is -0.158. The summed E-state index contributed by atoms with van der Waals surface area (Å²) < 4.78 is 11.7.